The molecule has 0 bridgehead atoms. The third-order valence-electron chi connectivity index (χ3n) is 3.25. The Bertz CT molecular complexity index is 631. The number of rotatable bonds is 6. The lowest BCUT2D eigenvalue weighted by atomic mass is 10.2. The summed E-state index contributed by atoms with van der Waals surface area (Å²) in [7, 11) is 1.71. The maximum absolute atomic E-state index is 13.5. The summed E-state index contributed by atoms with van der Waals surface area (Å²) >= 11 is 0. The van der Waals surface area contributed by atoms with Crippen molar-refractivity contribution < 1.29 is 9.13 Å². The molecule has 0 amide bonds. The fourth-order valence-electron chi connectivity index (χ4n) is 2.04. The minimum atomic E-state index is -0.356. The normalized spacial score (nSPS) is 12.6. The topological polar surface area (TPSA) is 45.7 Å². The number of nitrogens with zero attached hydrogens (tertiary/aromatic N) is 1. The number of para-hydroxylation sites is 1. The molecule has 0 saturated heterocycles. The summed E-state index contributed by atoms with van der Waals surface area (Å²) in [5.41, 5.74) is 1.17. The highest BCUT2D eigenvalue weighted by Crippen LogP contribution is 2.16. The number of benzene rings is 2. The summed E-state index contributed by atoms with van der Waals surface area (Å²) in [5, 5.41) is 6.40. The molecule has 0 aliphatic heterocycles. The van der Waals surface area contributed by atoms with Crippen molar-refractivity contribution in [3.8, 4) is 5.75 Å². The van der Waals surface area contributed by atoms with E-state index in [4.69, 9.17) is 4.74 Å². The van der Waals surface area contributed by atoms with Crippen LogP contribution in [-0.4, -0.2) is 25.7 Å². The third kappa shape index (κ3) is 5.62. The molecule has 2 aromatic rings. The van der Waals surface area contributed by atoms with Crippen LogP contribution in [0.3, 0.4) is 0 Å². The predicted molar refractivity (Wildman–Crippen MR) is 91.1 cm³/mol. The van der Waals surface area contributed by atoms with Gasteiger partial charge < -0.3 is 15.4 Å². The SMILES string of the molecule is CN=C(NCc1ccccc1)NCC(C)Oc1ccccc1F. The van der Waals surface area contributed by atoms with Crippen LogP contribution in [0.1, 0.15) is 12.5 Å². The van der Waals surface area contributed by atoms with Crippen molar-refractivity contribution in [2.24, 2.45) is 4.99 Å². The number of guanidine groups is 1. The van der Waals surface area contributed by atoms with Crippen molar-refractivity contribution in [3.63, 3.8) is 0 Å². The zero-order valence-electron chi connectivity index (χ0n) is 13.4. The molecule has 23 heavy (non-hydrogen) atoms. The first-order valence-electron chi connectivity index (χ1n) is 7.58. The number of hydrogen-bond donors (Lipinski definition) is 2. The van der Waals surface area contributed by atoms with Crippen LogP contribution in [0.25, 0.3) is 0 Å². The van der Waals surface area contributed by atoms with Gasteiger partial charge in [-0.3, -0.25) is 4.99 Å². The Labute approximate surface area is 136 Å². The van der Waals surface area contributed by atoms with Gasteiger partial charge in [0.05, 0.1) is 6.54 Å². The van der Waals surface area contributed by atoms with Crippen LogP contribution < -0.4 is 15.4 Å². The van der Waals surface area contributed by atoms with Gasteiger partial charge in [0, 0.05) is 13.6 Å². The first-order chi connectivity index (χ1) is 11.2. The largest absolute Gasteiger partial charge is 0.486 e. The smallest absolute Gasteiger partial charge is 0.191 e. The molecule has 4 nitrogen and oxygen atoms in total. The quantitative estimate of drug-likeness (QED) is 0.636. The number of halogens is 1. The average Bonchev–Trinajstić information content (AvgIpc) is 2.58. The van der Waals surface area contributed by atoms with Gasteiger partial charge in [-0.2, -0.15) is 0 Å². The summed E-state index contributed by atoms with van der Waals surface area (Å²) in [6.45, 7) is 3.08. The highest BCUT2D eigenvalue weighted by atomic mass is 19.1. The molecule has 0 spiro atoms. The van der Waals surface area contributed by atoms with E-state index in [1.165, 1.54) is 11.6 Å². The van der Waals surface area contributed by atoms with Gasteiger partial charge in [0.1, 0.15) is 6.10 Å². The second-order valence-electron chi connectivity index (χ2n) is 5.15. The van der Waals surface area contributed by atoms with E-state index < -0.39 is 0 Å². The Balaban J connectivity index is 1.78. The molecule has 5 heteroatoms. The van der Waals surface area contributed by atoms with Gasteiger partial charge in [0.25, 0.3) is 0 Å². The van der Waals surface area contributed by atoms with E-state index in [9.17, 15) is 4.39 Å². The minimum absolute atomic E-state index is 0.192. The molecule has 2 aromatic carbocycles. The Morgan fingerprint density at radius 1 is 1.09 bits per heavy atom. The van der Waals surface area contributed by atoms with Crippen molar-refractivity contribution in [2.45, 2.75) is 19.6 Å². The lowest BCUT2D eigenvalue weighted by Crippen LogP contribution is -2.41. The van der Waals surface area contributed by atoms with Crippen LogP contribution in [0, 0.1) is 5.82 Å². The minimum Gasteiger partial charge on any atom is -0.486 e. The molecule has 0 heterocycles. The summed E-state index contributed by atoms with van der Waals surface area (Å²) < 4.78 is 19.1. The van der Waals surface area contributed by atoms with Gasteiger partial charge in [-0.1, -0.05) is 42.5 Å². The van der Waals surface area contributed by atoms with Gasteiger partial charge in [0.15, 0.2) is 17.5 Å². The molecule has 0 aliphatic rings. The van der Waals surface area contributed by atoms with Crippen molar-refractivity contribution in [1.82, 2.24) is 10.6 Å². The first kappa shape index (κ1) is 16.8. The molecular formula is C18H22FN3O. The summed E-state index contributed by atoms with van der Waals surface area (Å²) in [6.07, 6.45) is -0.192. The lowest BCUT2D eigenvalue weighted by Gasteiger charge is -2.18. The van der Waals surface area contributed by atoms with Crippen LogP contribution in [0.5, 0.6) is 5.75 Å². The highest BCUT2D eigenvalue weighted by molar-refractivity contribution is 5.79. The van der Waals surface area contributed by atoms with Crippen LogP contribution in [-0.2, 0) is 6.54 Å². The fourth-order valence-corrected chi connectivity index (χ4v) is 2.04. The zero-order chi connectivity index (χ0) is 16.5. The lowest BCUT2D eigenvalue weighted by molar-refractivity contribution is 0.214. The van der Waals surface area contributed by atoms with Crippen molar-refractivity contribution in [1.29, 1.82) is 0 Å². The second-order valence-corrected chi connectivity index (χ2v) is 5.15. The molecule has 2 rings (SSSR count). The highest BCUT2D eigenvalue weighted by Gasteiger charge is 2.08. The molecule has 0 radical (unpaired) electrons. The van der Waals surface area contributed by atoms with Crippen LogP contribution in [0.15, 0.2) is 59.6 Å². The maximum Gasteiger partial charge on any atom is 0.191 e. The van der Waals surface area contributed by atoms with E-state index in [1.54, 1.807) is 25.2 Å². The van der Waals surface area contributed by atoms with Gasteiger partial charge in [-0.25, -0.2) is 4.39 Å². The number of hydrogen-bond acceptors (Lipinski definition) is 2. The predicted octanol–water partition coefficient (Wildman–Crippen LogP) is 2.96. The maximum atomic E-state index is 13.5. The standard InChI is InChI=1S/C18H22FN3O/c1-14(23-17-11-7-6-10-16(17)19)12-21-18(20-2)22-13-15-8-4-3-5-9-15/h3-11,14H,12-13H2,1-2H3,(H2,20,21,22). The third-order valence-corrected chi connectivity index (χ3v) is 3.25. The van der Waals surface area contributed by atoms with E-state index in [0.717, 1.165) is 0 Å². The van der Waals surface area contributed by atoms with Crippen molar-refractivity contribution in [3.05, 3.63) is 66.0 Å². The van der Waals surface area contributed by atoms with E-state index in [0.29, 0.717) is 19.0 Å². The summed E-state index contributed by atoms with van der Waals surface area (Å²) in [4.78, 5) is 4.16. The number of aliphatic imine (C=N–C) groups is 1. The van der Waals surface area contributed by atoms with Gasteiger partial charge in [-0.05, 0) is 24.6 Å². The van der Waals surface area contributed by atoms with Crippen LogP contribution in [0.2, 0.25) is 0 Å². The molecule has 1 unspecified atom stereocenters. The Morgan fingerprint density at radius 2 is 1.78 bits per heavy atom. The van der Waals surface area contributed by atoms with Crippen molar-refractivity contribution >= 4 is 5.96 Å². The molecule has 0 fully saturated rings. The number of nitrogens with one attached hydrogen (secondary N) is 2. The van der Waals surface area contributed by atoms with Crippen molar-refractivity contribution in [2.75, 3.05) is 13.6 Å². The van der Waals surface area contributed by atoms with Gasteiger partial charge in [-0.15, -0.1) is 0 Å². The van der Waals surface area contributed by atoms with Gasteiger partial charge in [0.2, 0.25) is 0 Å². The Hall–Kier alpha value is -2.56. The molecule has 0 saturated carbocycles. The van der Waals surface area contributed by atoms with E-state index in [-0.39, 0.29) is 17.7 Å². The molecule has 2 N–H and O–H groups in total. The monoisotopic (exact) mass is 315 g/mol. The van der Waals surface area contributed by atoms with Crippen LogP contribution >= 0.6 is 0 Å². The van der Waals surface area contributed by atoms with Gasteiger partial charge >= 0.3 is 0 Å². The van der Waals surface area contributed by atoms with E-state index >= 15 is 0 Å². The Morgan fingerprint density at radius 3 is 2.48 bits per heavy atom. The molecule has 0 aliphatic carbocycles. The second kappa shape index (κ2) is 8.78. The van der Waals surface area contributed by atoms with E-state index in [2.05, 4.69) is 15.6 Å². The fraction of sp³-hybridized carbons (Fsp3) is 0.278. The zero-order valence-corrected chi connectivity index (χ0v) is 13.4. The average molecular weight is 315 g/mol. The molecule has 1 atom stereocenters. The first-order valence-corrected chi connectivity index (χ1v) is 7.58. The summed E-state index contributed by atoms with van der Waals surface area (Å²) in [6, 6.07) is 16.5. The molecular weight excluding hydrogens is 293 g/mol. The van der Waals surface area contributed by atoms with E-state index in [1.807, 2.05) is 37.3 Å². The van der Waals surface area contributed by atoms with Crippen LogP contribution in [0.4, 0.5) is 4.39 Å². The number of ether oxygens (including phenoxy) is 1. The molecule has 0 aromatic heterocycles. The summed E-state index contributed by atoms with van der Waals surface area (Å²) in [5.74, 6) is 0.581. The Kier molecular flexibility index (Phi) is 6.41. The molecule has 122 valence electrons.